The van der Waals surface area contributed by atoms with Crippen LogP contribution in [0.3, 0.4) is 0 Å². The Balaban J connectivity index is 1.52. The molecule has 4 aromatic rings. The predicted octanol–water partition coefficient (Wildman–Crippen LogP) is 3.82. The van der Waals surface area contributed by atoms with Gasteiger partial charge in [0.25, 0.3) is 5.91 Å². The van der Waals surface area contributed by atoms with Crippen LogP contribution in [0.5, 0.6) is 0 Å². The number of aromatic nitrogens is 4. The van der Waals surface area contributed by atoms with Crippen molar-refractivity contribution in [1.29, 1.82) is 0 Å². The van der Waals surface area contributed by atoms with E-state index >= 15 is 0 Å². The molecule has 8 heteroatoms. The maximum Gasteiger partial charge on any atom is 0.250 e. The van der Waals surface area contributed by atoms with Crippen molar-refractivity contribution in [1.82, 2.24) is 24.8 Å². The average molecular weight is 431 g/mol. The molecular formula is C23H22N6OS. The molecule has 0 atom stereocenters. The summed E-state index contributed by atoms with van der Waals surface area (Å²) < 4.78 is 3.89. The van der Waals surface area contributed by atoms with Crippen molar-refractivity contribution in [3.05, 3.63) is 84.2 Å². The van der Waals surface area contributed by atoms with Crippen molar-refractivity contribution < 1.29 is 4.79 Å². The monoisotopic (exact) mass is 430 g/mol. The second-order valence-corrected chi connectivity index (χ2v) is 7.91. The zero-order valence-corrected chi connectivity index (χ0v) is 18.1. The first-order valence-electron chi connectivity index (χ1n) is 9.76. The Bertz CT molecular complexity index is 1190. The number of amides is 1. The van der Waals surface area contributed by atoms with E-state index in [1.165, 1.54) is 17.3 Å². The van der Waals surface area contributed by atoms with Gasteiger partial charge in [-0.3, -0.25) is 9.36 Å². The third-order valence-electron chi connectivity index (χ3n) is 4.66. The van der Waals surface area contributed by atoms with Gasteiger partial charge in [-0.25, -0.2) is 5.43 Å². The molecule has 0 aliphatic heterocycles. The van der Waals surface area contributed by atoms with Crippen molar-refractivity contribution in [2.24, 2.45) is 12.1 Å². The molecule has 1 N–H and O–H groups in total. The summed E-state index contributed by atoms with van der Waals surface area (Å²) in [5.74, 6) is 0.688. The van der Waals surface area contributed by atoms with Gasteiger partial charge >= 0.3 is 0 Å². The molecule has 156 valence electrons. The normalized spacial score (nSPS) is 11.2. The van der Waals surface area contributed by atoms with Crippen LogP contribution in [0.15, 0.2) is 83.2 Å². The van der Waals surface area contributed by atoms with Crippen LogP contribution in [0.1, 0.15) is 11.3 Å². The second-order valence-electron chi connectivity index (χ2n) is 6.97. The highest BCUT2D eigenvalue weighted by atomic mass is 32.2. The molecule has 1 amide bonds. The molecular weight excluding hydrogens is 408 g/mol. The summed E-state index contributed by atoms with van der Waals surface area (Å²) in [6.45, 7) is 2.05. The Morgan fingerprint density at radius 3 is 2.55 bits per heavy atom. The van der Waals surface area contributed by atoms with E-state index in [1.54, 1.807) is 6.21 Å². The zero-order valence-electron chi connectivity index (χ0n) is 17.3. The third-order valence-corrected chi connectivity index (χ3v) is 5.59. The van der Waals surface area contributed by atoms with E-state index in [-0.39, 0.29) is 11.7 Å². The van der Waals surface area contributed by atoms with Crippen molar-refractivity contribution in [3.63, 3.8) is 0 Å². The van der Waals surface area contributed by atoms with Crippen LogP contribution in [0, 0.1) is 6.92 Å². The topological polar surface area (TPSA) is 77.1 Å². The number of thioether (sulfide) groups is 1. The largest absolute Gasteiger partial charge is 0.350 e. The predicted molar refractivity (Wildman–Crippen MR) is 123 cm³/mol. The Hall–Kier alpha value is -3.65. The first kappa shape index (κ1) is 20.6. The molecule has 0 radical (unpaired) electrons. The number of hydrogen-bond donors (Lipinski definition) is 1. The lowest BCUT2D eigenvalue weighted by Crippen LogP contribution is -2.20. The molecule has 31 heavy (non-hydrogen) atoms. The quantitative estimate of drug-likeness (QED) is 0.275. The summed E-state index contributed by atoms with van der Waals surface area (Å²) in [6, 6.07) is 21.9. The van der Waals surface area contributed by atoms with Crippen LogP contribution >= 0.6 is 11.8 Å². The third kappa shape index (κ3) is 4.92. The van der Waals surface area contributed by atoms with Crippen molar-refractivity contribution in [3.8, 4) is 17.1 Å². The Morgan fingerprint density at radius 2 is 1.84 bits per heavy atom. The summed E-state index contributed by atoms with van der Waals surface area (Å²) in [5, 5.41) is 13.4. The van der Waals surface area contributed by atoms with E-state index in [4.69, 9.17) is 0 Å². The minimum atomic E-state index is -0.213. The minimum Gasteiger partial charge on any atom is -0.350 e. The van der Waals surface area contributed by atoms with Gasteiger partial charge in [-0.05, 0) is 31.2 Å². The summed E-state index contributed by atoms with van der Waals surface area (Å²) in [6.07, 6.45) is 3.53. The first-order valence-corrected chi connectivity index (χ1v) is 10.7. The number of hydrazone groups is 1. The van der Waals surface area contributed by atoms with Gasteiger partial charge in [0.1, 0.15) is 0 Å². The van der Waals surface area contributed by atoms with Crippen LogP contribution < -0.4 is 5.43 Å². The van der Waals surface area contributed by atoms with Crippen LogP contribution in [-0.2, 0) is 11.8 Å². The van der Waals surface area contributed by atoms with Gasteiger partial charge in [0.15, 0.2) is 11.0 Å². The van der Waals surface area contributed by atoms with E-state index < -0.39 is 0 Å². The fourth-order valence-electron chi connectivity index (χ4n) is 3.01. The maximum atomic E-state index is 12.3. The molecule has 0 fully saturated rings. The molecule has 0 saturated heterocycles. The lowest BCUT2D eigenvalue weighted by Gasteiger charge is -2.10. The van der Waals surface area contributed by atoms with Crippen LogP contribution in [0.4, 0.5) is 0 Å². The lowest BCUT2D eigenvalue weighted by molar-refractivity contribution is -0.118. The Labute approximate surface area is 184 Å². The van der Waals surface area contributed by atoms with Gasteiger partial charge < -0.3 is 4.57 Å². The summed E-state index contributed by atoms with van der Waals surface area (Å²) >= 11 is 1.32. The van der Waals surface area contributed by atoms with Crippen LogP contribution in [-0.4, -0.2) is 37.2 Å². The minimum absolute atomic E-state index is 0.170. The van der Waals surface area contributed by atoms with Crippen LogP contribution in [0.25, 0.3) is 17.1 Å². The van der Waals surface area contributed by atoms with Gasteiger partial charge in [0.05, 0.1) is 17.7 Å². The SMILES string of the molecule is Cc1ccc(-n2c(SCC(=O)N/N=C\c3cccn3C)nnc2-c2ccccc2)cc1. The molecule has 7 nitrogen and oxygen atoms in total. The van der Waals surface area contributed by atoms with Crippen molar-refractivity contribution in [2.75, 3.05) is 5.75 Å². The average Bonchev–Trinajstić information content (AvgIpc) is 3.40. The Kier molecular flexibility index (Phi) is 6.28. The van der Waals surface area contributed by atoms with Gasteiger partial charge in [-0.2, -0.15) is 5.10 Å². The fourth-order valence-corrected chi connectivity index (χ4v) is 3.75. The highest BCUT2D eigenvalue weighted by molar-refractivity contribution is 7.99. The van der Waals surface area contributed by atoms with E-state index in [9.17, 15) is 4.79 Å². The number of hydrogen-bond acceptors (Lipinski definition) is 5. The number of nitrogens with one attached hydrogen (secondary N) is 1. The number of carbonyl (C=O) groups excluding carboxylic acids is 1. The molecule has 2 aromatic carbocycles. The highest BCUT2D eigenvalue weighted by Crippen LogP contribution is 2.28. The standard InChI is InChI=1S/C23H22N6OS/c1-17-10-12-19(13-11-17)29-22(18-7-4-3-5-8-18)26-27-23(29)31-16-21(30)25-24-15-20-9-6-14-28(20)2/h3-15H,16H2,1-2H3,(H,25,30)/b24-15-. The highest BCUT2D eigenvalue weighted by Gasteiger charge is 2.17. The molecule has 4 rings (SSSR count). The number of benzene rings is 2. The number of carbonyl (C=O) groups is 1. The van der Waals surface area contributed by atoms with Gasteiger partial charge in [-0.15, -0.1) is 10.2 Å². The number of nitrogens with zero attached hydrogens (tertiary/aromatic N) is 5. The smallest absolute Gasteiger partial charge is 0.250 e. The molecule has 0 saturated carbocycles. The van der Waals surface area contributed by atoms with E-state index in [1.807, 2.05) is 96.0 Å². The fraction of sp³-hybridized carbons (Fsp3) is 0.130. The molecule has 2 heterocycles. The molecule has 0 aliphatic carbocycles. The number of rotatable bonds is 7. The van der Waals surface area contributed by atoms with Gasteiger partial charge in [-0.1, -0.05) is 59.8 Å². The summed E-state index contributed by atoms with van der Waals surface area (Å²) in [7, 11) is 1.92. The van der Waals surface area contributed by atoms with Crippen molar-refractivity contribution in [2.45, 2.75) is 12.1 Å². The summed E-state index contributed by atoms with van der Waals surface area (Å²) in [5.41, 5.74) is 6.54. The second kappa shape index (κ2) is 9.44. The first-order chi connectivity index (χ1) is 15.1. The zero-order chi connectivity index (χ0) is 21.6. The number of aryl methyl sites for hydroxylation is 2. The molecule has 0 bridgehead atoms. The van der Waals surface area contributed by atoms with E-state index in [0.29, 0.717) is 5.16 Å². The maximum absolute atomic E-state index is 12.3. The van der Waals surface area contributed by atoms with Gasteiger partial charge in [0, 0.05) is 24.5 Å². The van der Waals surface area contributed by atoms with Gasteiger partial charge in [0.2, 0.25) is 0 Å². The van der Waals surface area contributed by atoms with E-state index in [2.05, 4.69) is 20.7 Å². The molecule has 0 aliphatic rings. The molecule has 0 spiro atoms. The lowest BCUT2D eigenvalue weighted by atomic mass is 10.2. The Morgan fingerprint density at radius 1 is 1.06 bits per heavy atom. The molecule has 0 unspecified atom stereocenters. The van der Waals surface area contributed by atoms with Crippen molar-refractivity contribution >= 4 is 23.9 Å². The van der Waals surface area contributed by atoms with Crippen LogP contribution in [0.2, 0.25) is 0 Å². The summed E-state index contributed by atoms with van der Waals surface area (Å²) in [4.78, 5) is 12.3. The molecule has 2 aromatic heterocycles. The van der Waals surface area contributed by atoms with E-state index in [0.717, 1.165) is 22.8 Å².